The Hall–Kier alpha value is -1.07. The lowest BCUT2D eigenvalue weighted by Gasteiger charge is -2.04. The smallest absolute Gasteiger partial charge is 0.328 e. The maximum atomic E-state index is 11.6. The molecule has 92 valence electrons. The van der Waals surface area contributed by atoms with Crippen molar-refractivity contribution in [2.24, 2.45) is 0 Å². The van der Waals surface area contributed by atoms with Crippen molar-refractivity contribution in [2.45, 2.75) is 26.4 Å². The van der Waals surface area contributed by atoms with Gasteiger partial charge in [0, 0.05) is 45.7 Å². The molecule has 1 aromatic rings. The van der Waals surface area contributed by atoms with Crippen molar-refractivity contribution < 1.29 is 4.74 Å². The van der Waals surface area contributed by atoms with Crippen LogP contribution < -0.4 is 11.0 Å². The van der Waals surface area contributed by atoms with Crippen molar-refractivity contribution in [2.75, 3.05) is 26.8 Å². The number of hydrogen-bond acceptors (Lipinski definition) is 3. The van der Waals surface area contributed by atoms with Crippen LogP contribution in [0.5, 0.6) is 0 Å². The second-order valence-electron chi connectivity index (χ2n) is 3.66. The molecule has 0 aliphatic rings. The van der Waals surface area contributed by atoms with Crippen LogP contribution in [0.25, 0.3) is 0 Å². The second kappa shape index (κ2) is 7.24. The highest BCUT2D eigenvalue weighted by molar-refractivity contribution is 4.81. The molecule has 16 heavy (non-hydrogen) atoms. The van der Waals surface area contributed by atoms with Gasteiger partial charge in [-0.15, -0.1) is 0 Å². The van der Waals surface area contributed by atoms with Crippen molar-refractivity contribution in [3.05, 3.63) is 22.9 Å². The Morgan fingerprint density at radius 1 is 1.31 bits per heavy atom. The summed E-state index contributed by atoms with van der Waals surface area (Å²) < 4.78 is 8.37. The molecule has 0 fully saturated rings. The fraction of sp³-hybridized carbons (Fsp3) is 0.727. The number of methoxy groups -OCH3 is 1. The van der Waals surface area contributed by atoms with Gasteiger partial charge in [-0.05, 0) is 19.9 Å². The average molecular weight is 227 g/mol. The third-order valence-corrected chi connectivity index (χ3v) is 2.49. The number of rotatable bonds is 8. The molecule has 1 rings (SSSR count). The van der Waals surface area contributed by atoms with Crippen molar-refractivity contribution in [1.29, 1.82) is 0 Å². The van der Waals surface area contributed by atoms with Gasteiger partial charge in [0.05, 0.1) is 0 Å². The molecule has 0 radical (unpaired) electrons. The largest absolute Gasteiger partial charge is 0.385 e. The van der Waals surface area contributed by atoms with E-state index in [9.17, 15) is 4.79 Å². The van der Waals surface area contributed by atoms with Crippen LogP contribution in [0.3, 0.4) is 0 Å². The van der Waals surface area contributed by atoms with Crippen LogP contribution >= 0.6 is 0 Å². The zero-order valence-corrected chi connectivity index (χ0v) is 10.1. The van der Waals surface area contributed by atoms with Gasteiger partial charge in [-0.25, -0.2) is 4.79 Å². The Balaban J connectivity index is 2.22. The van der Waals surface area contributed by atoms with Gasteiger partial charge in [-0.2, -0.15) is 0 Å². The Labute approximate surface area is 96.0 Å². The lowest BCUT2D eigenvalue weighted by molar-refractivity contribution is 0.194. The minimum absolute atomic E-state index is 0.0705. The van der Waals surface area contributed by atoms with Gasteiger partial charge in [-0.1, -0.05) is 0 Å². The van der Waals surface area contributed by atoms with Crippen molar-refractivity contribution in [1.82, 2.24) is 14.5 Å². The van der Waals surface area contributed by atoms with E-state index in [1.807, 2.05) is 19.3 Å². The van der Waals surface area contributed by atoms with E-state index in [-0.39, 0.29) is 5.69 Å². The Morgan fingerprint density at radius 2 is 2.06 bits per heavy atom. The molecule has 5 heteroatoms. The van der Waals surface area contributed by atoms with E-state index < -0.39 is 0 Å². The van der Waals surface area contributed by atoms with Gasteiger partial charge in [0.15, 0.2) is 0 Å². The van der Waals surface area contributed by atoms with E-state index in [0.717, 1.165) is 39.2 Å². The summed E-state index contributed by atoms with van der Waals surface area (Å²) >= 11 is 0. The maximum Gasteiger partial charge on any atom is 0.328 e. The number of imidazole rings is 1. The van der Waals surface area contributed by atoms with Crippen LogP contribution in [-0.4, -0.2) is 35.9 Å². The molecule has 1 heterocycles. The number of nitrogens with zero attached hydrogens (tertiary/aromatic N) is 2. The number of hydrogen-bond donors (Lipinski definition) is 1. The summed E-state index contributed by atoms with van der Waals surface area (Å²) in [6, 6.07) is 0. The highest BCUT2D eigenvalue weighted by Crippen LogP contribution is 1.85. The topological polar surface area (TPSA) is 48.2 Å². The molecular formula is C11H21N3O2. The molecule has 0 bridgehead atoms. The van der Waals surface area contributed by atoms with Crippen molar-refractivity contribution in [3.8, 4) is 0 Å². The van der Waals surface area contributed by atoms with Gasteiger partial charge in [0.25, 0.3) is 0 Å². The number of nitrogens with one attached hydrogen (secondary N) is 1. The molecule has 0 spiro atoms. The molecule has 0 aromatic carbocycles. The average Bonchev–Trinajstić information content (AvgIpc) is 2.65. The van der Waals surface area contributed by atoms with Crippen LogP contribution in [0.1, 0.15) is 13.3 Å². The molecule has 0 amide bonds. The fourth-order valence-electron chi connectivity index (χ4n) is 1.53. The molecule has 0 aliphatic heterocycles. The monoisotopic (exact) mass is 227 g/mol. The summed E-state index contributed by atoms with van der Waals surface area (Å²) in [7, 11) is 1.70. The van der Waals surface area contributed by atoms with E-state index >= 15 is 0 Å². The maximum absolute atomic E-state index is 11.6. The molecular weight excluding hydrogens is 206 g/mol. The third kappa shape index (κ3) is 3.83. The highest BCUT2D eigenvalue weighted by atomic mass is 16.5. The summed E-state index contributed by atoms with van der Waals surface area (Å²) in [4.78, 5) is 11.6. The number of aryl methyl sites for hydroxylation is 1. The Kier molecular flexibility index (Phi) is 5.88. The summed E-state index contributed by atoms with van der Waals surface area (Å²) in [5, 5.41) is 3.27. The SMILES string of the molecule is CCn1ccn(CCNCCCOC)c1=O. The molecule has 0 saturated heterocycles. The van der Waals surface area contributed by atoms with E-state index in [1.54, 1.807) is 16.2 Å². The first kappa shape index (κ1) is 13.0. The standard InChI is InChI=1S/C11H21N3O2/c1-3-13-8-9-14(11(13)15)7-6-12-5-4-10-16-2/h8-9,12H,3-7,10H2,1-2H3. The van der Waals surface area contributed by atoms with Crippen LogP contribution in [0, 0.1) is 0 Å². The van der Waals surface area contributed by atoms with Gasteiger partial charge < -0.3 is 10.1 Å². The van der Waals surface area contributed by atoms with Crippen molar-refractivity contribution >= 4 is 0 Å². The normalized spacial score (nSPS) is 10.9. The summed E-state index contributed by atoms with van der Waals surface area (Å²) in [6.45, 7) is 5.94. The summed E-state index contributed by atoms with van der Waals surface area (Å²) in [5.41, 5.74) is 0.0705. The quantitative estimate of drug-likeness (QED) is 0.650. The van der Waals surface area contributed by atoms with E-state index in [0.29, 0.717) is 0 Å². The third-order valence-electron chi connectivity index (χ3n) is 2.49. The molecule has 0 saturated carbocycles. The van der Waals surface area contributed by atoms with Crippen LogP contribution in [0.2, 0.25) is 0 Å². The number of aromatic nitrogens is 2. The van der Waals surface area contributed by atoms with E-state index in [4.69, 9.17) is 4.74 Å². The molecule has 0 aliphatic carbocycles. The molecule has 5 nitrogen and oxygen atoms in total. The second-order valence-corrected chi connectivity index (χ2v) is 3.66. The van der Waals surface area contributed by atoms with Gasteiger partial charge in [0.2, 0.25) is 0 Å². The van der Waals surface area contributed by atoms with Crippen LogP contribution in [0.4, 0.5) is 0 Å². The molecule has 0 unspecified atom stereocenters. The predicted octanol–water partition coefficient (Wildman–Crippen LogP) is 0.296. The number of ether oxygens (including phenoxy) is 1. The Morgan fingerprint density at radius 3 is 2.69 bits per heavy atom. The first-order valence-corrected chi connectivity index (χ1v) is 5.74. The Bertz CT molecular complexity index is 343. The van der Waals surface area contributed by atoms with Crippen LogP contribution in [-0.2, 0) is 17.8 Å². The van der Waals surface area contributed by atoms with Gasteiger partial charge in [0.1, 0.15) is 0 Å². The zero-order valence-electron chi connectivity index (χ0n) is 10.1. The van der Waals surface area contributed by atoms with Crippen molar-refractivity contribution in [3.63, 3.8) is 0 Å². The van der Waals surface area contributed by atoms with Gasteiger partial charge in [-0.3, -0.25) is 9.13 Å². The summed E-state index contributed by atoms with van der Waals surface area (Å²) in [5.74, 6) is 0. The van der Waals surface area contributed by atoms with Gasteiger partial charge >= 0.3 is 5.69 Å². The summed E-state index contributed by atoms with van der Waals surface area (Å²) in [6.07, 6.45) is 4.66. The molecule has 1 aromatic heterocycles. The minimum atomic E-state index is 0.0705. The lowest BCUT2D eigenvalue weighted by atomic mass is 10.4. The predicted molar refractivity (Wildman–Crippen MR) is 63.7 cm³/mol. The first-order chi connectivity index (χ1) is 7.79. The highest BCUT2D eigenvalue weighted by Gasteiger charge is 1.99. The zero-order chi connectivity index (χ0) is 11.8. The first-order valence-electron chi connectivity index (χ1n) is 5.74. The van der Waals surface area contributed by atoms with E-state index in [2.05, 4.69) is 5.32 Å². The van der Waals surface area contributed by atoms with E-state index in [1.165, 1.54) is 0 Å². The minimum Gasteiger partial charge on any atom is -0.385 e. The van der Waals surface area contributed by atoms with Crippen LogP contribution in [0.15, 0.2) is 17.2 Å². The fourth-order valence-corrected chi connectivity index (χ4v) is 1.53. The lowest BCUT2D eigenvalue weighted by Crippen LogP contribution is -2.28. The molecule has 0 atom stereocenters. The molecule has 1 N–H and O–H groups in total.